The number of carbonyl (C=O) groups excluding carboxylic acids is 1. The van der Waals surface area contributed by atoms with E-state index in [1.807, 2.05) is 70.2 Å². The molecule has 1 N–H and O–H groups in total. The topological polar surface area (TPSA) is 60.5 Å². The Bertz CT molecular complexity index is 875. The fourth-order valence-corrected chi connectivity index (χ4v) is 2.67. The van der Waals surface area contributed by atoms with Crippen molar-refractivity contribution in [2.45, 2.75) is 52.9 Å². The number of nitrogens with one attached hydrogen (secondary N) is 1. The monoisotopic (exact) mass is 486 g/mol. The van der Waals surface area contributed by atoms with E-state index in [0.29, 0.717) is 6.41 Å². The number of rotatable bonds is 5. The third kappa shape index (κ3) is 16.6. The number of thioether (sulfide) groups is 1. The molecule has 6 heteroatoms. The highest BCUT2D eigenvalue weighted by atomic mass is 32.2. The van der Waals surface area contributed by atoms with Crippen molar-refractivity contribution in [2.75, 3.05) is 25.8 Å². The molecule has 1 heterocycles. The van der Waals surface area contributed by atoms with Gasteiger partial charge in [0.25, 0.3) is 0 Å². The Labute approximate surface area is 211 Å². The Kier molecular flexibility index (Phi) is 22.6. The molecule has 34 heavy (non-hydrogen) atoms. The van der Waals surface area contributed by atoms with Crippen molar-refractivity contribution >= 4 is 23.9 Å². The molecule has 0 atom stereocenters. The van der Waals surface area contributed by atoms with E-state index in [9.17, 15) is 4.79 Å². The summed E-state index contributed by atoms with van der Waals surface area (Å²) in [7, 11) is 3.32. The average Bonchev–Trinajstić information content (AvgIpc) is 2.87. The maximum absolute atomic E-state index is 9.95. The first-order valence-corrected chi connectivity index (χ1v) is 12.6. The molecule has 0 saturated carbocycles. The lowest BCUT2D eigenvalue weighted by Crippen LogP contribution is -1.94. The van der Waals surface area contributed by atoms with Gasteiger partial charge in [0.1, 0.15) is 11.5 Å². The molecule has 1 aromatic heterocycles. The van der Waals surface area contributed by atoms with Crippen molar-refractivity contribution < 1.29 is 14.3 Å². The first-order chi connectivity index (χ1) is 16.4. The van der Waals surface area contributed by atoms with E-state index in [1.165, 1.54) is 11.3 Å². The molecule has 0 bridgehead atoms. The average molecular weight is 487 g/mol. The maximum atomic E-state index is 9.95. The van der Waals surface area contributed by atoms with Crippen LogP contribution in [-0.4, -0.2) is 31.9 Å². The minimum atomic E-state index is 0.635. The fraction of sp³-hybridized carbons (Fsp3) is 0.357. The second-order valence-electron chi connectivity index (χ2n) is 6.57. The Morgan fingerprint density at radius 2 is 1.56 bits per heavy atom. The second-order valence-corrected chi connectivity index (χ2v) is 7.45. The van der Waals surface area contributed by atoms with Crippen LogP contribution in [0.1, 0.15) is 45.2 Å². The lowest BCUT2D eigenvalue weighted by Gasteiger charge is -2.05. The van der Waals surface area contributed by atoms with Gasteiger partial charge in [-0.1, -0.05) is 52.3 Å². The van der Waals surface area contributed by atoms with Crippen LogP contribution in [0.4, 0.5) is 5.69 Å². The molecule has 1 amide bonds. The minimum Gasteiger partial charge on any atom is -0.497 e. The number of pyridine rings is 1. The van der Waals surface area contributed by atoms with Gasteiger partial charge in [-0.15, -0.1) is 11.8 Å². The van der Waals surface area contributed by atoms with Gasteiger partial charge in [0.2, 0.25) is 6.41 Å². The lowest BCUT2D eigenvalue weighted by atomic mass is 10.2. The summed E-state index contributed by atoms with van der Waals surface area (Å²) in [6.45, 7) is 12.2. The zero-order chi connectivity index (χ0) is 26.2. The van der Waals surface area contributed by atoms with Gasteiger partial charge in [0.05, 0.1) is 26.1 Å². The zero-order valence-corrected chi connectivity index (χ0v) is 23.0. The molecule has 0 aliphatic carbocycles. The maximum Gasteiger partial charge on any atom is 0.211 e. The van der Waals surface area contributed by atoms with E-state index in [0.717, 1.165) is 28.3 Å². The first-order valence-electron chi connectivity index (χ1n) is 11.3. The second kappa shape index (κ2) is 23.2. The molecule has 0 saturated heterocycles. The number of methoxy groups -OCH3 is 2. The molecule has 0 spiro atoms. The van der Waals surface area contributed by atoms with Crippen LogP contribution in [0.5, 0.6) is 11.5 Å². The van der Waals surface area contributed by atoms with Crippen molar-refractivity contribution in [3.8, 4) is 11.5 Å². The van der Waals surface area contributed by atoms with E-state index < -0.39 is 0 Å². The molecule has 3 rings (SSSR count). The number of nitrogens with zero attached hydrogens (tertiary/aromatic N) is 1. The smallest absolute Gasteiger partial charge is 0.211 e. The summed E-state index contributed by atoms with van der Waals surface area (Å²) in [5.41, 5.74) is 2.86. The van der Waals surface area contributed by atoms with E-state index in [4.69, 9.17) is 9.47 Å². The predicted octanol–water partition coefficient (Wildman–Crippen LogP) is 7.82. The van der Waals surface area contributed by atoms with Crippen LogP contribution in [0, 0.1) is 13.8 Å². The van der Waals surface area contributed by atoms with Crippen LogP contribution in [0.2, 0.25) is 0 Å². The Balaban J connectivity index is 0. The molecular formula is C28H42N2O3S. The first kappa shape index (κ1) is 33.2. The van der Waals surface area contributed by atoms with Gasteiger partial charge in [-0.05, 0) is 67.6 Å². The highest BCUT2D eigenvalue weighted by molar-refractivity contribution is 7.98. The SMILES string of the molecule is CC.CCC.COc1ccc(OC)c(C)c1.CSc1ccccc1.Cc1cncc(NC=O)c1. The van der Waals surface area contributed by atoms with Gasteiger partial charge in [-0.25, -0.2) is 0 Å². The number of aryl methyl sites for hydroxylation is 2. The Morgan fingerprint density at radius 3 is 1.97 bits per heavy atom. The summed E-state index contributed by atoms with van der Waals surface area (Å²) in [6, 6.07) is 17.9. The van der Waals surface area contributed by atoms with E-state index in [-0.39, 0.29) is 0 Å². The van der Waals surface area contributed by atoms with Gasteiger partial charge >= 0.3 is 0 Å². The van der Waals surface area contributed by atoms with E-state index >= 15 is 0 Å². The summed E-state index contributed by atoms with van der Waals surface area (Å²) in [4.78, 5) is 15.2. The fourth-order valence-electron chi connectivity index (χ4n) is 2.24. The largest absolute Gasteiger partial charge is 0.497 e. The summed E-state index contributed by atoms with van der Waals surface area (Å²) in [6.07, 6.45) is 7.29. The van der Waals surface area contributed by atoms with Gasteiger partial charge in [0, 0.05) is 11.1 Å². The third-order valence-electron chi connectivity index (χ3n) is 3.68. The molecule has 2 aromatic carbocycles. The molecule has 3 aromatic rings. The van der Waals surface area contributed by atoms with Gasteiger partial charge in [-0.3, -0.25) is 9.78 Å². The number of aromatic nitrogens is 1. The van der Waals surface area contributed by atoms with Crippen LogP contribution >= 0.6 is 11.8 Å². The van der Waals surface area contributed by atoms with E-state index in [1.54, 1.807) is 38.4 Å². The van der Waals surface area contributed by atoms with Crippen LogP contribution in [-0.2, 0) is 4.79 Å². The number of benzene rings is 2. The van der Waals surface area contributed by atoms with Gasteiger partial charge in [-0.2, -0.15) is 0 Å². The molecule has 188 valence electrons. The van der Waals surface area contributed by atoms with Crippen molar-refractivity contribution in [3.05, 3.63) is 78.1 Å². The number of amides is 1. The zero-order valence-electron chi connectivity index (χ0n) is 22.2. The van der Waals surface area contributed by atoms with Crippen LogP contribution in [0.3, 0.4) is 0 Å². The molecule has 0 aliphatic heterocycles. The summed E-state index contributed by atoms with van der Waals surface area (Å²) in [5, 5.41) is 2.51. The van der Waals surface area contributed by atoms with Crippen molar-refractivity contribution in [1.82, 2.24) is 4.98 Å². The third-order valence-corrected chi connectivity index (χ3v) is 4.43. The van der Waals surface area contributed by atoms with Crippen molar-refractivity contribution in [3.63, 3.8) is 0 Å². The number of anilines is 1. The molecular weight excluding hydrogens is 444 g/mol. The molecule has 0 radical (unpaired) electrons. The van der Waals surface area contributed by atoms with Crippen LogP contribution in [0.25, 0.3) is 0 Å². The molecule has 0 fully saturated rings. The van der Waals surface area contributed by atoms with Gasteiger partial charge in [0.15, 0.2) is 0 Å². The summed E-state index contributed by atoms with van der Waals surface area (Å²) < 4.78 is 10.1. The molecule has 5 nitrogen and oxygen atoms in total. The van der Waals surface area contributed by atoms with Crippen LogP contribution < -0.4 is 14.8 Å². The Morgan fingerprint density at radius 1 is 0.941 bits per heavy atom. The number of ether oxygens (including phenoxy) is 2. The number of hydrogen-bond donors (Lipinski definition) is 1. The molecule has 0 unspecified atom stereocenters. The summed E-state index contributed by atoms with van der Waals surface area (Å²) >= 11 is 1.77. The van der Waals surface area contributed by atoms with Gasteiger partial charge < -0.3 is 14.8 Å². The number of carbonyl (C=O) groups is 1. The molecule has 0 aliphatic rings. The predicted molar refractivity (Wildman–Crippen MR) is 148 cm³/mol. The van der Waals surface area contributed by atoms with Crippen molar-refractivity contribution in [1.29, 1.82) is 0 Å². The highest BCUT2D eigenvalue weighted by Gasteiger charge is 1.98. The van der Waals surface area contributed by atoms with E-state index in [2.05, 4.69) is 42.5 Å². The summed E-state index contributed by atoms with van der Waals surface area (Å²) in [5.74, 6) is 1.76. The van der Waals surface area contributed by atoms with Crippen molar-refractivity contribution in [2.24, 2.45) is 0 Å². The van der Waals surface area contributed by atoms with Crippen LogP contribution in [0.15, 0.2) is 71.9 Å². The Hall–Kier alpha value is -2.99. The minimum absolute atomic E-state index is 0.635. The standard InChI is InChI=1S/C9H12O2.C7H8N2O.C7H8S.C3H8.C2H6/c1-7-6-8(10-2)4-5-9(7)11-3;1-6-2-7(9-5-10)4-8-3-6;1-8-7-5-3-2-4-6-7;1-3-2;1-2/h4-6H,1-3H3;2-5H,1H3,(H,9,10);2-6H,1H3;3H2,1-2H3;1-2H3. The highest BCUT2D eigenvalue weighted by Crippen LogP contribution is 2.22. The quantitative estimate of drug-likeness (QED) is 0.294. The number of hydrogen-bond acceptors (Lipinski definition) is 5. The lowest BCUT2D eigenvalue weighted by molar-refractivity contribution is -0.105. The normalized spacial score (nSPS) is 8.50.